The zero-order valence-corrected chi connectivity index (χ0v) is 30.5. The monoisotopic (exact) mass is 874 g/mol. The van der Waals surface area contributed by atoms with Gasteiger partial charge in [0.15, 0.2) is 4.80 Å². The second kappa shape index (κ2) is 14.4. The minimum Gasteiger partial charge on any atom is -0.494 e. The van der Waals surface area contributed by atoms with E-state index < -0.39 is 12.0 Å². The summed E-state index contributed by atoms with van der Waals surface area (Å²) in [6.45, 7) is 6.41. The van der Waals surface area contributed by atoms with Crippen LogP contribution in [-0.4, -0.2) is 23.8 Å². The lowest BCUT2D eigenvalue weighted by atomic mass is 9.96. The van der Waals surface area contributed by atoms with E-state index in [1.165, 1.54) is 11.3 Å². The number of esters is 1. The van der Waals surface area contributed by atoms with Gasteiger partial charge in [0.05, 0.1) is 48.7 Å². The van der Waals surface area contributed by atoms with E-state index in [2.05, 4.69) is 50.2 Å². The van der Waals surface area contributed by atoms with Crippen LogP contribution in [0.4, 0.5) is 0 Å². The van der Waals surface area contributed by atoms with Crippen LogP contribution in [0.5, 0.6) is 11.5 Å². The van der Waals surface area contributed by atoms with Gasteiger partial charge in [-0.1, -0.05) is 52.7 Å². The highest BCUT2D eigenvalue weighted by Gasteiger charge is 2.33. The van der Waals surface area contributed by atoms with Crippen molar-refractivity contribution in [1.82, 2.24) is 4.57 Å². The van der Waals surface area contributed by atoms with Gasteiger partial charge in [-0.2, -0.15) is 0 Å². The number of hydrogen-bond donors (Lipinski definition) is 0. The van der Waals surface area contributed by atoms with Gasteiger partial charge in [0.25, 0.3) is 5.56 Å². The molecule has 1 atom stereocenters. The molecule has 0 amide bonds. The summed E-state index contributed by atoms with van der Waals surface area (Å²) in [7, 11) is 0. The number of halogens is 4. The highest BCUT2D eigenvalue weighted by atomic mass is 127. The van der Waals surface area contributed by atoms with E-state index in [-0.39, 0.29) is 18.8 Å². The van der Waals surface area contributed by atoms with Crippen molar-refractivity contribution in [3.05, 3.63) is 119 Å². The molecule has 0 spiro atoms. The molecule has 0 saturated heterocycles. The zero-order valence-electron chi connectivity index (χ0n) is 23.8. The Morgan fingerprint density at radius 1 is 1.02 bits per heavy atom. The van der Waals surface area contributed by atoms with E-state index in [9.17, 15) is 9.59 Å². The molecule has 0 saturated carbocycles. The van der Waals surface area contributed by atoms with E-state index in [1.54, 1.807) is 30.5 Å². The SMILES string of the molecule is CCOC(=O)C1=C(C)N=c2s/c(=C\c3cc(I)cc(I)c3OCc3ccc(Cl)c(Cl)c3)c(=O)n2[C@@H]1c1ccc(OCC)cc1. The Balaban J connectivity index is 1.62. The van der Waals surface area contributed by atoms with Crippen LogP contribution < -0.4 is 24.4 Å². The molecule has 4 aromatic rings. The van der Waals surface area contributed by atoms with Crippen LogP contribution in [0.15, 0.2) is 75.7 Å². The summed E-state index contributed by atoms with van der Waals surface area (Å²) in [5.41, 5.74) is 2.90. The Morgan fingerprint density at radius 2 is 1.77 bits per heavy atom. The summed E-state index contributed by atoms with van der Waals surface area (Å²) in [6, 6.07) is 16.0. The molecule has 44 heavy (non-hydrogen) atoms. The van der Waals surface area contributed by atoms with Crippen molar-refractivity contribution >= 4 is 91.8 Å². The van der Waals surface area contributed by atoms with Gasteiger partial charge in [-0.25, -0.2) is 9.79 Å². The Hall–Kier alpha value is -2.39. The van der Waals surface area contributed by atoms with Gasteiger partial charge in [0.2, 0.25) is 0 Å². The van der Waals surface area contributed by atoms with E-state index in [0.29, 0.717) is 48.8 Å². The Morgan fingerprint density at radius 3 is 2.45 bits per heavy atom. The highest BCUT2D eigenvalue weighted by Crippen LogP contribution is 2.33. The molecule has 0 N–H and O–H groups in total. The fourth-order valence-electron chi connectivity index (χ4n) is 4.79. The number of nitrogens with zero attached hydrogens (tertiary/aromatic N) is 2. The van der Waals surface area contributed by atoms with Gasteiger partial charge in [-0.3, -0.25) is 9.36 Å². The number of allylic oxidation sites excluding steroid dienone is 1. The average molecular weight is 875 g/mol. The standard InChI is InChI=1S/C32H26Cl2I2N2O5S/c1-4-41-22-9-7-19(8-10-22)28-27(31(40)42-5-2)17(3)37-32-38(28)30(39)26(44-32)14-20-13-21(35)15-25(36)29(20)43-16-18-6-11-23(33)24(34)12-18/h6-15,28H,4-5,16H2,1-3H3/b26-14-/t28-/m1/s1. The molecular formula is C32H26Cl2I2N2O5S. The van der Waals surface area contributed by atoms with Crippen molar-refractivity contribution in [2.75, 3.05) is 13.2 Å². The molecule has 3 aromatic carbocycles. The van der Waals surface area contributed by atoms with E-state index in [4.69, 9.17) is 37.4 Å². The smallest absolute Gasteiger partial charge is 0.338 e. The van der Waals surface area contributed by atoms with Crippen LogP contribution in [0.3, 0.4) is 0 Å². The van der Waals surface area contributed by atoms with Gasteiger partial charge in [0, 0.05) is 9.13 Å². The van der Waals surface area contributed by atoms with Crippen molar-refractivity contribution in [3.63, 3.8) is 0 Å². The normalized spacial score (nSPS) is 14.7. The van der Waals surface area contributed by atoms with Crippen molar-refractivity contribution in [2.24, 2.45) is 4.99 Å². The number of carbonyl (C=O) groups excluding carboxylic acids is 1. The number of benzene rings is 3. The number of thiazole rings is 1. The van der Waals surface area contributed by atoms with Gasteiger partial charge < -0.3 is 14.2 Å². The van der Waals surface area contributed by atoms with Crippen LogP contribution in [-0.2, 0) is 16.1 Å². The molecule has 7 nitrogen and oxygen atoms in total. The maximum atomic E-state index is 14.1. The lowest BCUT2D eigenvalue weighted by molar-refractivity contribution is -0.139. The molecule has 12 heteroatoms. The summed E-state index contributed by atoms with van der Waals surface area (Å²) in [5, 5.41) is 0.922. The van der Waals surface area contributed by atoms with Gasteiger partial charge in [0.1, 0.15) is 18.1 Å². The van der Waals surface area contributed by atoms with Gasteiger partial charge in [-0.15, -0.1) is 0 Å². The zero-order chi connectivity index (χ0) is 31.5. The summed E-state index contributed by atoms with van der Waals surface area (Å²) < 4.78 is 21.2. The minimum absolute atomic E-state index is 0.201. The number of aromatic nitrogens is 1. The number of rotatable bonds is 9. The van der Waals surface area contributed by atoms with Crippen molar-refractivity contribution in [2.45, 2.75) is 33.4 Å². The second-order valence-electron chi connectivity index (χ2n) is 9.65. The van der Waals surface area contributed by atoms with Crippen LogP contribution >= 0.6 is 79.7 Å². The summed E-state index contributed by atoms with van der Waals surface area (Å²) >= 11 is 18.0. The predicted molar refractivity (Wildman–Crippen MR) is 191 cm³/mol. The predicted octanol–water partition coefficient (Wildman–Crippen LogP) is 7.29. The largest absolute Gasteiger partial charge is 0.494 e. The highest BCUT2D eigenvalue weighted by molar-refractivity contribution is 14.1. The number of hydrogen-bond acceptors (Lipinski definition) is 7. The molecule has 0 bridgehead atoms. The summed E-state index contributed by atoms with van der Waals surface area (Å²) in [4.78, 5) is 32.5. The van der Waals surface area contributed by atoms with E-state index in [0.717, 1.165) is 23.8 Å². The first kappa shape index (κ1) is 33.0. The quantitative estimate of drug-likeness (QED) is 0.131. The summed E-state index contributed by atoms with van der Waals surface area (Å²) in [6.07, 6.45) is 1.82. The van der Waals surface area contributed by atoms with Gasteiger partial charge >= 0.3 is 5.97 Å². The molecule has 1 aliphatic heterocycles. The first-order valence-electron chi connectivity index (χ1n) is 13.6. The molecule has 2 heterocycles. The van der Waals surface area contributed by atoms with E-state index in [1.807, 2.05) is 55.5 Å². The molecule has 0 aliphatic carbocycles. The third-order valence-corrected chi connectivity index (χ3v) is 9.86. The molecular weight excluding hydrogens is 849 g/mol. The first-order chi connectivity index (χ1) is 21.1. The topological polar surface area (TPSA) is 79.1 Å². The van der Waals surface area contributed by atoms with Crippen molar-refractivity contribution < 1.29 is 19.0 Å². The molecule has 0 fully saturated rings. The average Bonchev–Trinajstić information content (AvgIpc) is 3.28. The third kappa shape index (κ3) is 7.04. The lowest BCUT2D eigenvalue weighted by Gasteiger charge is -2.24. The number of ether oxygens (including phenoxy) is 3. The first-order valence-corrected chi connectivity index (χ1v) is 17.3. The van der Waals surface area contributed by atoms with Crippen LogP contribution in [0.25, 0.3) is 6.08 Å². The Bertz CT molecular complexity index is 1950. The molecule has 0 unspecified atom stereocenters. The fourth-order valence-corrected chi connectivity index (χ4v) is 8.19. The summed E-state index contributed by atoms with van der Waals surface area (Å²) in [5.74, 6) is 0.824. The Kier molecular flexibility index (Phi) is 10.8. The minimum atomic E-state index is -0.718. The number of carbonyl (C=O) groups is 1. The fraction of sp³-hybridized carbons (Fsp3) is 0.219. The molecule has 5 rings (SSSR count). The van der Waals surface area contributed by atoms with Crippen LogP contribution in [0.2, 0.25) is 10.0 Å². The van der Waals surface area contributed by atoms with Gasteiger partial charge in [-0.05, 0) is 120 Å². The van der Waals surface area contributed by atoms with Crippen LogP contribution in [0, 0.1) is 7.14 Å². The van der Waals surface area contributed by atoms with Crippen molar-refractivity contribution in [3.8, 4) is 11.5 Å². The van der Waals surface area contributed by atoms with Crippen molar-refractivity contribution in [1.29, 1.82) is 0 Å². The van der Waals surface area contributed by atoms with Crippen LogP contribution in [0.1, 0.15) is 43.5 Å². The lowest BCUT2D eigenvalue weighted by Crippen LogP contribution is -2.39. The Labute approximate surface area is 295 Å². The molecule has 0 radical (unpaired) electrons. The van der Waals surface area contributed by atoms with E-state index >= 15 is 0 Å². The molecule has 228 valence electrons. The maximum absolute atomic E-state index is 14.1. The number of fused-ring (bicyclic) bond motifs is 1. The maximum Gasteiger partial charge on any atom is 0.338 e. The second-order valence-corrected chi connectivity index (χ2v) is 13.9. The molecule has 1 aromatic heterocycles. The third-order valence-electron chi connectivity index (χ3n) is 6.71. The molecule has 1 aliphatic rings.